The van der Waals surface area contributed by atoms with Crippen molar-refractivity contribution in [2.24, 2.45) is 0 Å². The molecular weight excluding hydrogens is 382 g/mol. The van der Waals surface area contributed by atoms with Gasteiger partial charge in [-0.25, -0.2) is 18.0 Å². The quantitative estimate of drug-likeness (QED) is 0.727. The fourth-order valence-electron chi connectivity index (χ4n) is 3.37. The SMILES string of the molecule is O=C(O[C@H]1CCOC1=O)c1ccc(S(=O)(=O)N2CCc3ccccc3C2)cc1. The van der Waals surface area contributed by atoms with Crippen LogP contribution >= 0.6 is 0 Å². The number of fused-ring (bicyclic) bond motifs is 1. The van der Waals surface area contributed by atoms with E-state index in [0.29, 0.717) is 25.9 Å². The smallest absolute Gasteiger partial charge is 0.347 e. The van der Waals surface area contributed by atoms with Gasteiger partial charge in [0, 0.05) is 19.5 Å². The molecule has 7 nitrogen and oxygen atoms in total. The Kier molecular flexibility index (Phi) is 4.91. The Labute approximate surface area is 162 Å². The Hall–Kier alpha value is -2.71. The zero-order chi connectivity index (χ0) is 19.7. The Balaban J connectivity index is 1.48. The van der Waals surface area contributed by atoms with Crippen LogP contribution in [0.4, 0.5) is 0 Å². The second-order valence-electron chi connectivity index (χ2n) is 6.73. The van der Waals surface area contributed by atoms with E-state index in [2.05, 4.69) is 0 Å². The zero-order valence-electron chi connectivity index (χ0n) is 15.0. The van der Waals surface area contributed by atoms with Crippen molar-refractivity contribution >= 4 is 22.0 Å². The van der Waals surface area contributed by atoms with Crippen molar-refractivity contribution in [1.82, 2.24) is 4.31 Å². The average molecular weight is 401 g/mol. The highest BCUT2D eigenvalue weighted by Gasteiger charge is 2.31. The van der Waals surface area contributed by atoms with Gasteiger partial charge in [0.1, 0.15) is 0 Å². The van der Waals surface area contributed by atoms with Gasteiger partial charge < -0.3 is 9.47 Å². The molecule has 8 heteroatoms. The summed E-state index contributed by atoms with van der Waals surface area (Å²) in [4.78, 5) is 23.7. The van der Waals surface area contributed by atoms with Gasteiger partial charge in [0.25, 0.3) is 0 Å². The van der Waals surface area contributed by atoms with Gasteiger partial charge in [-0.15, -0.1) is 0 Å². The number of esters is 2. The summed E-state index contributed by atoms with van der Waals surface area (Å²) >= 11 is 0. The minimum atomic E-state index is -3.67. The van der Waals surface area contributed by atoms with Crippen LogP contribution in [0.25, 0.3) is 0 Å². The summed E-state index contributed by atoms with van der Waals surface area (Å²) in [5.41, 5.74) is 2.35. The molecule has 0 saturated carbocycles. The number of sulfonamides is 1. The van der Waals surface area contributed by atoms with Crippen LogP contribution in [-0.4, -0.2) is 43.9 Å². The fourth-order valence-corrected chi connectivity index (χ4v) is 4.79. The number of benzene rings is 2. The summed E-state index contributed by atoms with van der Waals surface area (Å²) in [5.74, 6) is -1.24. The van der Waals surface area contributed by atoms with Crippen LogP contribution in [0.2, 0.25) is 0 Å². The second-order valence-corrected chi connectivity index (χ2v) is 8.67. The highest BCUT2D eigenvalue weighted by Crippen LogP contribution is 2.25. The molecule has 2 aromatic rings. The van der Waals surface area contributed by atoms with E-state index in [-0.39, 0.29) is 17.1 Å². The number of hydrogen-bond acceptors (Lipinski definition) is 6. The third-order valence-corrected chi connectivity index (χ3v) is 6.82. The van der Waals surface area contributed by atoms with Crippen molar-refractivity contribution in [2.45, 2.75) is 30.4 Å². The first-order valence-corrected chi connectivity index (χ1v) is 10.4. The van der Waals surface area contributed by atoms with Gasteiger partial charge in [0.15, 0.2) is 0 Å². The topological polar surface area (TPSA) is 90.0 Å². The summed E-state index contributed by atoms with van der Waals surface area (Å²) in [5, 5.41) is 0. The number of hydrogen-bond donors (Lipinski definition) is 0. The second kappa shape index (κ2) is 7.37. The molecule has 0 bridgehead atoms. The normalized spacial score (nSPS) is 19.7. The molecule has 0 radical (unpaired) electrons. The first kappa shape index (κ1) is 18.6. The molecule has 2 heterocycles. The van der Waals surface area contributed by atoms with Gasteiger partial charge in [0.2, 0.25) is 16.1 Å². The van der Waals surface area contributed by atoms with Crippen molar-refractivity contribution < 1.29 is 27.5 Å². The molecule has 0 aromatic heterocycles. The molecule has 28 heavy (non-hydrogen) atoms. The van der Waals surface area contributed by atoms with Crippen LogP contribution in [0, 0.1) is 0 Å². The highest BCUT2D eigenvalue weighted by atomic mass is 32.2. The van der Waals surface area contributed by atoms with Crippen molar-refractivity contribution in [2.75, 3.05) is 13.2 Å². The lowest BCUT2D eigenvalue weighted by atomic mass is 10.0. The predicted molar refractivity (Wildman–Crippen MR) is 99.0 cm³/mol. The predicted octanol–water partition coefficient (Wildman–Crippen LogP) is 1.91. The lowest BCUT2D eigenvalue weighted by Crippen LogP contribution is -2.35. The molecule has 0 N–H and O–H groups in total. The summed E-state index contributed by atoms with van der Waals surface area (Å²) in [6.45, 7) is 0.964. The number of cyclic esters (lactones) is 1. The van der Waals surface area contributed by atoms with Crippen LogP contribution in [0.1, 0.15) is 27.9 Å². The van der Waals surface area contributed by atoms with E-state index in [1.807, 2.05) is 24.3 Å². The number of rotatable bonds is 4. The van der Waals surface area contributed by atoms with Crippen LogP contribution in [0.5, 0.6) is 0 Å². The van der Waals surface area contributed by atoms with Crippen LogP contribution in [0.3, 0.4) is 0 Å². The number of nitrogens with zero attached hydrogens (tertiary/aromatic N) is 1. The first-order valence-electron chi connectivity index (χ1n) is 9.00. The maximum Gasteiger partial charge on any atom is 0.347 e. The Morgan fingerprint density at radius 3 is 2.46 bits per heavy atom. The molecule has 0 unspecified atom stereocenters. The molecule has 1 fully saturated rings. The molecule has 1 saturated heterocycles. The van der Waals surface area contributed by atoms with E-state index in [0.717, 1.165) is 11.1 Å². The van der Waals surface area contributed by atoms with E-state index in [1.165, 1.54) is 28.6 Å². The van der Waals surface area contributed by atoms with E-state index in [9.17, 15) is 18.0 Å². The minimum Gasteiger partial charge on any atom is -0.463 e. The summed E-state index contributed by atoms with van der Waals surface area (Å²) in [6, 6.07) is 13.4. The average Bonchev–Trinajstić information content (AvgIpc) is 3.12. The van der Waals surface area contributed by atoms with Crippen molar-refractivity contribution in [3.63, 3.8) is 0 Å². The third kappa shape index (κ3) is 3.53. The Morgan fingerprint density at radius 1 is 1.07 bits per heavy atom. The molecule has 0 aliphatic carbocycles. The van der Waals surface area contributed by atoms with Gasteiger partial charge in [-0.2, -0.15) is 4.31 Å². The van der Waals surface area contributed by atoms with Crippen molar-refractivity contribution in [1.29, 1.82) is 0 Å². The maximum absolute atomic E-state index is 12.9. The maximum atomic E-state index is 12.9. The molecule has 2 aliphatic rings. The largest absolute Gasteiger partial charge is 0.463 e. The number of carbonyl (C=O) groups excluding carboxylic acids is 2. The molecule has 146 valence electrons. The van der Waals surface area contributed by atoms with Crippen molar-refractivity contribution in [3.05, 3.63) is 65.2 Å². The third-order valence-electron chi connectivity index (χ3n) is 4.96. The van der Waals surface area contributed by atoms with E-state index >= 15 is 0 Å². The molecule has 0 amide bonds. The van der Waals surface area contributed by atoms with Gasteiger partial charge in [-0.1, -0.05) is 24.3 Å². The lowest BCUT2D eigenvalue weighted by molar-refractivity contribution is -0.145. The van der Waals surface area contributed by atoms with Gasteiger partial charge >= 0.3 is 11.9 Å². The molecule has 4 rings (SSSR count). The fraction of sp³-hybridized carbons (Fsp3) is 0.300. The monoisotopic (exact) mass is 401 g/mol. The zero-order valence-corrected chi connectivity index (χ0v) is 15.9. The molecular formula is C20H19NO6S. The first-order chi connectivity index (χ1) is 13.4. The van der Waals surface area contributed by atoms with Gasteiger partial charge in [-0.05, 0) is 41.8 Å². The Bertz CT molecular complexity index is 1020. The van der Waals surface area contributed by atoms with Crippen LogP contribution in [-0.2, 0) is 37.3 Å². The summed E-state index contributed by atoms with van der Waals surface area (Å²) < 4.78 is 37.2. The number of ether oxygens (including phenoxy) is 2. The molecule has 2 aromatic carbocycles. The van der Waals surface area contributed by atoms with Gasteiger partial charge in [-0.3, -0.25) is 0 Å². The number of carbonyl (C=O) groups is 2. The van der Waals surface area contributed by atoms with Crippen LogP contribution in [0.15, 0.2) is 53.4 Å². The van der Waals surface area contributed by atoms with Gasteiger partial charge in [0.05, 0.1) is 17.1 Å². The molecule has 1 atom stereocenters. The van der Waals surface area contributed by atoms with E-state index < -0.39 is 28.1 Å². The highest BCUT2D eigenvalue weighted by molar-refractivity contribution is 7.89. The van der Waals surface area contributed by atoms with Crippen molar-refractivity contribution in [3.8, 4) is 0 Å². The van der Waals surface area contributed by atoms with Crippen LogP contribution < -0.4 is 0 Å². The summed E-state index contributed by atoms with van der Waals surface area (Å²) in [7, 11) is -3.67. The van der Waals surface area contributed by atoms with E-state index in [4.69, 9.17) is 9.47 Å². The molecule has 0 spiro atoms. The van der Waals surface area contributed by atoms with E-state index in [1.54, 1.807) is 0 Å². The summed E-state index contributed by atoms with van der Waals surface area (Å²) in [6.07, 6.45) is 0.0921. The standard InChI is InChI=1S/C20H19NO6S/c22-19(27-18-10-12-26-20(18)23)15-5-7-17(8-6-15)28(24,25)21-11-9-14-3-1-2-4-16(14)13-21/h1-8,18H,9-13H2/t18-/m0/s1. The Morgan fingerprint density at radius 2 is 1.79 bits per heavy atom. The minimum absolute atomic E-state index is 0.115. The lowest BCUT2D eigenvalue weighted by Gasteiger charge is -2.28. The molecule has 2 aliphatic heterocycles.